The van der Waals surface area contributed by atoms with Gasteiger partial charge in [-0.2, -0.15) is 0 Å². The van der Waals surface area contributed by atoms with Crippen LogP contribution in [0.1, 0.15) is 26.5 Å². The Morgan fingerprint density at radius 3 is 2.62 bits per heavy atom. The molecule has 5 nitrogen and oxygen atoms in total. The summed E-state index contributed by atoms with van der Waals surface area (Å²) in [7, 11) is 1.56. The van der Waals surface area contributed by atoms with Crippen LogP contribution >= 0.6 is 15.9 Å². The molecule has 3 rings (SSSR count). The van der Waals surface area contributed by atoms with Gasteiger partial charge in [0.25, 0.3) is 11.8 Å². The highest BCUT2D eigenvalue weighted by atomic mass is 79.9. The second-order valence-corrected chi connectivity index (χ2v) is 6.23. The average molecular weight is 387 g/mol. The smallest absolute Gasteiger partial charge is 0.291 e. The first-order valence-electron chi connectivity index (χ1n) is 7.31. The van der Waals surface area contributed by atoms with Gasteiger partial charge in [-0.15, -0.1) is 0 Å². The average Bonchev–Trinajstić information content (AvgIpc) is 2.91. The standard InChI is InChI=1S/C18H15BrN2O3/c1-10-14-9-12(19)6-7-15(14)24-16(10)18(23)21-13-5-3-4-11(8-13)17(22)20-2/h3-9H,1-2H3,(H,20,22)(H,21,23). The van der Waals surface area contributed by atoms with Gasteiger partial charge in [0.05, 0.1) is 0 Å². The number of anilines is 1. The van der Waals surface area contributed by atoms with Gasteiger partial charge >= 0.3 is 0 Å². The van der Waals surface area contributed by atoms with Crippen molar-refractivity contribution in [3.8, 4) is 0 Å². The van der Waals surface area contributed by atoms with Crippen molar-refractivity contribution >= 4 is 44.4 Å². The van der Waals surface area contributed by atoms with Crippen LogP contribution in [0.15, 0.2) is 51.4 Å². The summed E-state index contributed by atoms with van der Waals surface area (Å²) in [6.07, 6.45) is 0. The number of aryl methyl sites for hydroxylation is 1. The molecular formula is C18H15BrN2O3. The lowest BCUT2D eigenvalue weighted by Gasteiger charge is -2.06. The van der Waals surface area contributed by atoms with Gasteiger partial charge in [0.1, 0.15) is 5.58 Å². The Morgan fingerprint density at radius 1 is 1.08 bits per heavy atom. The number of halogens is 1. The Kier molecular flexibility index (Phi) is 4.40. The summed E-state index contributed by atoms with van der Waals surface area (Å²) in [6, 6.07) is 12.3. The molecule has 2 N–H and O–H groups in total. The van der Waals surface area contributed by atoms with Crippen LogP contribution in [0.5, 0.6) is 0 Å². The molecule has 0 atom stereocenters. The van der Waals surface area contributed by atoms with Crippen molar-refractivity contribution in [3.05, 3.63) is 63.8 Å². The SMILES string of the molecule is CNC(=O)c1cccc(NC(=O)c2oc3ccc(Br)cc3c2C)c1. The van der Waals surface area contributed by atoms with Crippen molar-refractivity contribution in [3.63, 3.8) is 0 Å². The van der Waals surface area contributed by atoms with E-state index in [9.17, 15) is 9.59 Å². The summed E-state index contributed by atoms with van der Waals surface area (Å²) >= 11 is 3.41. The van der Waals surface area contributed by atoms with E-state index in [4.69, 9.17) is 4.42 Å². The third kappa shape index (κ3) is 3.05. The number of hydrogen-bond acceptors (Lipinski definition) is 3. The van der Waals surface area contributed by atoms with Crippen LogP contribution in [0.3, 0.4) is 0 Å². The number of carbonyl (C=O) groups excluding carboxylic acids is 2. The molecule has 0 saturated carbocycles. The van der Waals surface area contributed by atoms with Crippen molar-refractivity contribution in [1.29, 1.82) is 0 Å². The first-order valence-corrected chi connectivity index (χ1v) is 8.11. The van der Waals surface area contributed by atoms with Crippen LogP contribution in [0.4, 0.5) is 5.69 Å². The lowest BCUT2D eigenvalue weighted by molar-refractivity contribution is 0.0960. The molecule has 0 saturated heterocycles. The Hall–Kier alpha value is -2.60. The molecule has 0 aliphatic carbocycles. The van der Waals surface area contributed by atoms with Gasteiger partial charge in [0, 0.05) is 33.7 Å². The molecule has 0 radical (unpaired) electrons. The molecule has 2 amide bonds. The summed E-state index contributed by atoms with van der Waals surface area (Å²) < 4.78 is 6.60. The van der Waals surface area contributed by atoms with Crippen LogP contribution < -0.4 is 10.6 Å². The molecule has 1 aromatic heterocycles. The van der Waals surface area contributed by atoms with Gasteiger partial charge in [0.15, 0.2) is 5.76 Å². The zero-order chi connectivity index (χ0) is 17.3. The number of benzene rings is 2. The summed E-state index contributed by atoms with van der Waals surface area (Å²) in [4.78, 5) is 24.2. The van der Waals surface area contributed by atoms with Gasteiger partial charge in [-0.1, -0.05) is 22.0 Å². The van der Waals surface area contributed by atoms with Crippen LogP contribution in [0, 0.1) is 6.92 Å². The molecule has 24 heavy (non-hydrogen) atoms. The van der Waals surface area contributed by atoms with Crippen molar-refractivity contribution in [2.24, 2.45) is 0 Å². The first kappa shape index (κ1) is 16.3. The van der Waals surface area contributed by atoms with E-state index < -0.39 is 0 Å². The fourth-order valence-corrected chi connectivity index (χ4v) is 2.84. The van der Waals surface area contributed by atoms with Crippen molar-refractivity contribution in [1.82, 2.24) is 5.32 Å². The molecular weight excluding hydrogens is 372 g/mol. The summed E-state index contributed by atoms with van der Waals surface area (Å²) in [5.41, 5.74) is 2.42. The molecule has 3 aromatic rings. The third-order valence-corrected chi connectivity index (χ3v) is 4.21. The van der Waals surface area contributed by atoms with Gasteiger partial charge < -0.3 is 15.1 Å². The third-order valence-electron chi connectivity index (χ3n) is 3.71. The molecule has 0 aliphatic rings. The predicted octanol–water partition coefficient (Wildman–Crippen LogP) is 4.12. The van der Waals surface area contributed by atoms with E-state index in [0.29, 0.717) is 16.8 Å². The van der Waals surface area contributed by atoms with Crippen molar-refractivity contribution < 1.29 is 14.0 Å². The van der Waals surface area contributed by atoms with Gasteiger partial charge in [-0.25, -0.2) is 0 Å². The molecule has 0 bridgehead atoms. The minimum absolute atomic E-state index is 0.212. The second kappa shape index (κ2) is 6.49. The van der Waals surface area contributed by atoms with E-state index >= 15 is 0 Å². The maximum atomic E-state index is 12.5. The highest BCUT2D eigenvalue weighted by Crippen LogP contribution is 2.28. The largest absolute Gasteiger partial charge is 0.451 e. The predicted molar refractivity (Wildman–Crippen MR) is 96.4 cm³/mol. The maximum Gasteiger partial charge on any atom is 0.291 e. The maximum absolute atomic E-state index is 12.5. The van der Waals surface area contributed by atoms with E-state index in [0.717, 1.165) is 15.4 Å². The highest BCUT2D eigenvalue weighted by molar-refractivity contribution is 9.10. The highest BCUT2D eigenvalue weighted by Gasteiger charge is 2.18. The summed E-state index contributed by atoms with van der Waals surface area (Å²) in [6.45, 7) is 1.84. The van der Waals surface area contributed by atoms with Crippen molar-refractivity contribution in [2.75, 3.05) is 12.4 Å². The number of carbonyl (C=O) groups is 2. The fourth-order valence-electron chi connectivity index (χ4n) is 2.48. The first-order chi connectivity index (χ1) is 11.5. The van der Waals surface area contributed by atoms with E-state index in [2.05, 4.69) is 26.6 Å². The molecule has 2 aromatic carbocycles. The van der Waals surface area contributed by atoms with E-state index in [1.165, 1.54) is 0 Å². The monoisotopic (exact) mass is 386 g/mol. The van der Waals surface area contributed by atoms with E-state index in [1.807, 2.05) is 25.1 Å². The second-order valence-electron chi connectivity index (χ2n) is 5.31. The Morgan fingerprint density at radius 2 is 1.88 bits per heavy atom. The number of fused-ring (bicyclic) bond motifs is 1. The molecule has 1 heterocycles. The Balaban J connectivity index is 1.90. The molecule has 122 valence electrons. The quantitative estimate of drug-likeness (QED) is 0.711. The van der Waals surface area contributed by atoms with Gasteiger partial charge in [-0.3, -0.25) is 9.59 Å². The van der Waals surface area contributed by atoms with Gasteiger partial charge in [-0.05, 0) is 43.3 Å². The Labute approximate surface area is 147 Å². The van der Waals surface area contributed by atoms with E-state index in [-0.39, 0.29) is 17.6 Å². The molecule has 0 unspecified atom stereocenters. The number of hydrogen-bond donors (Lipinski definition) is 2. The van der Waals surface area contributed by atoms with Crippen LogP contribution in [-0.2, 0) is 0 Å². The lowest BCUT2D eigenvalue weighted by atomic mass is 10.1. The van der Waals surface area contributed by atoms with E-state index in [1.54, 1.807) is 31.3 Å². The number of nitrogens with one attached hydrogen (secondary N) is 2. The van der Waals surface area contributed by atoms with Crippen LogP contribution in [0.25, 0.3) is 11.0 Å². The van der Waals surface area contributed by atoms with Gasteiger partial charge in [0.2, 0.25) is 0 Å². The zero-order valence-electron chi connectivity index (χ0n) is 13.1. The number of amides is 2. The lowest BCUT2D eigenvalue weighted by Crippen LogP contribution is -2.18. The Bertz CT molecular complexity index is 947. The molecule has 6 heteroatoms. The van der Waals surface area contributed by atoms with Crippen molar-refractivity contribution in [2.45, 2.75) is 6.92 Å². The summed E-state index contributed by atoms with van der Waals surface area (Å²) in [5.74, 6) is -0.307. The molecule has 0 spiro atoms. The molecule has 0 aliphatic heterocycles. The normalized spacial score (nSPS) is 10.6. The minimum atomic E-state index is -0.353. The number of rotatable bonds is 3. The summed E-state index contributed by atoms with van der Waals surface area (Å²) in [5, 5.41) is 6.20. The minimum Gasteiger partial charge on any atom is -0.451 e. The molecule has 0 fully saturated rings. The zero-order valence-corrected chi connectivity index (χ0v) is 14.7. The number of furan rings is 1. The topological polar surface area (TPSA) is 71.3 Å². The van der Waals surface area contributed by atoms with Crippen LogP contribution in [-0.4, -0.2) is 18.9 Å². The van der Waals surface area contributed by atoms with Crippen LogP contribution in [0.2, 0.25) is 0 Å². The fraction of sp³-hybridized carbons (Fsp3) is 0.111.